The number of anilines is 1. The highest BCUT2D eigenvalue weighted by Gasteiger charge is 2.05. The molecule has 20 heavy (non-hydrogen) atoms. The SMILES string of the molecule is CNC(=O)CCc1ccccc1NCc1cnc(Cl)s1. The molecule has 0 aliphatic heterocycles. The molecular weight excluding hydrogens is 294 g/mol. The Morgan fingerprint density at radius 3 is 2.90 bits per heavy atom. The Hall–Kier alpha value is -1.59. The van der Waals surface area contributed by atoms with Crippen molar-refractivity contribution in [3.63, 3.8) is 0 Å². The van der Waals surface area contributed by atoms with Crippen molar-refractivity contribution in [3.8, 4) is 0 Å². The van der Waals surface area contributed by atoms with Gasteiger partial charge < -0.3 is 10.6 Å². The van der Waals surface area contributed by atoms with Crippen LogP contribution in [0, 0.1) is 0 Å². The summed E-state index contributed by atoms with van der Waals surface area (Å²) in [7, 11) is 1.65. The van der Waals surface area contributed by atoms with Crippen molar-refractivity contribution >= 4 is 34.5 Å². The van der Waals surface area contributed by atoms with Crippen LogP contribution in [0.3, 0.4) is 0 Å². The molecular formula is C14H16ClN3OS. The van der Waals surface area contributed by atoms with E-state index in [1.54, 1.807) is 13.2 Å². The number of aromatic nitrogens is 1. The lowest BCUT2D eigenvalue weighted by Gasteiger charge is -2.10. The predicted octanol–water partition coefficient (Wildman–Crippen LogP) is 3.09. The zero-order chi connectivity index (χ0) is 14.4. The number of nitrogens with zero attached hydrogens (tertiary/aromatic N) is 1. The highest BCUT2D eigenvalue weighted by Crippen LogP contribution is 2.21. The summed E-state index contributed by atoms with van der Waals surface area (Å²) in [6.07, 6.45) is 2.97. The molecule has 0 aliphatic rings. The van der Waals surface area contributed by atoms with E-state index in [1.807, 2.05) is 24.3 Å². The van der Waals surface area contributed by atoms with E-state index in [2.05, 4.69) is 15.6 Å². The maximum absolute atomic E-state index is 11.3. The quantitative estimate of drug-likeness (QED) is 0.862. The monoisotopic (exact) mass is 309 g/mol. The zero-order valence-corrected chi connectivity index (χ0v) is 12.7. The molecule has 0 spiro atoms. The Morgan fingerprint density at radius 1 is 1.40 bits per heavy atom. The van der Waals surface area contributed by atoms with E-state index >= 15 is 0 Å². The fraction of sp³-hybridized carbons (Fsp3) is 0.286. The molecule has 0 radical (unpaired) electrons. The molecule has 1 heterocycles. The van der Waals surface area contributed by atoms with Gasteiger partial charge in [-0.15, -0.1) is 11.3 Å². The Morgan fingerprint density at radius 2 is 2.20 bits per heavy atom. The number of carbonyl (C=O) groups is 1. The molecule has 0 fully saturated rings. The Balaban J connectivity index is 1.98. The van der Waals surface area contributed by atoms with Crippen LogP contribution < -0.4 is 10.6 Å². The van der Waals surface area contributed by atoms with Gasteiger partial charge in [-0.3, -0.25) is 4.79 Å². The summed E-state index contributed by atoms with van der Waals surface area (Å²) in [5.74, 6) is 0.0500. The summed E-state index contributed by atoms with van der Waals surface area (Å²) in [5, 5.41) is 6.00. The first kappa shape index (κ1) is 14.8. The van der Waals surface area contributed by atoms with E-state index < -0.39 is 0 Å². The molecule has 106 valence electrons. The molecule has 0 atom stereocenters. The van der Waals surface area contributed by atoms with Crippen LogP contribution in [0.2, 0.25) is 4.47 Å². The van der Waals surface area contributed by atoms with Crippen LogP contribution in [-0.4, -0.2) is 17.9 Å². The Bertz CT molecular complexity index is 585. The third kappa shape index (κ3) is 4.21. The minimum atomic E-state index is 0.0500. The van der Waals surface area contributed by atoms with Crippen molar-refractivity contribution in [2.45, 2.75) is 19.4 Å². The molecule has 2 aromatic rings. The number of para-hydroxylation sites is 1. The first-order chi connectivity index (χ1) is 9.69. The maximum Gasteiger partial charge on any atom is 0.220 e. The second-order valence-electron chi connectivity index (χ2n) is 4.26. The van der Waals surface area contributed by atoms with Crippen LogP contribution in [-0.2, 0) is 17.8 Å². The number of nitrogens with one attached hydrogen (secondary N) is 2. The van der Waals surface area contributed by atoms with Gasteiger partial charge >= 0.3 is 0 Å². The lowest BCUT2D eigenvalue weighted by molar-refractivity contribution is -0.120. The van der Waals surface area contributed by atoms with E-state index in [4.69, 9.17) is 11.6 Å². The largest absolute Gasteiger partial charge is 0.380 e. The molecule has 1 amide bonds. The average molecular weight is 310 g/mol. The minimum Gasteiger partial charge on any atom is -0.380 e. The Labute approximate surface area is 127 Å². The van der Waals surface area contributed by atoms with Crippen LogP contribution in [0.15, 0.2) is 30.5 Å². The normalized spacial score (nSPS) is 10.3. The smallest absolute Gasteiger partial charge is 0.220 e. The molecule has 0 saturated carbocycles. The van der Waals surface area contributed by atoms with Crippen LogP contribution >= 0.6 is 22.9 Å². The molecule has 1 aromatic carbocycles. The summed E-state index contributed by atoms with van der Waals surface area (Å²) in [4.78, 5) is 16.4. The van der Waals surface area contributed by atoms with Crippen molar-refractivity contribution in [1.82, 2.24) is 10.3 Å². The second-order valence-corrected chi connectivity index (χ2v) is 5.96. The van der Waals surface area contributed by atoms with Gasteiger partial charge in [0.1, 0.15) is 0 Å². The fourth-order valence-corrected chi connectivity index (χ4v) is 2.75. The lowest BCUT2D eigenvalue weighted by Crippen LogP contribution is -2.18. The third-order valence-corrected chi connectivity index (χ3v) is 4.01. The van der Waals surface area contributed by atoms with E-state index in [0.717, 1.165) is 16.1 Å². The van der Waals surface area contributed by atoms with Gasteiger partial charge in [-0.05, 0) is 18.1 Å². The standard InChI is InChI=1S/C14H16ClN3OS/c1-16-13(19)7-6-10-4-2-3-5-12(10)17-8-11-9-18-14(15)20-11/h2-5,9,17H,6-8H2,1H3,(H,16,19). The highest BCUT2D eigenvalue weighted by molar-refractivity contribution is 7.15. The summed E-state index contributed by atoms with van der Waals surface area (Å²) >= 11 is 7.27. The summed E-state index contributed by atoms with van der Waals surface area (Å²) < 4.78 is 0.551. The molecule has 1 aromatic heterocycles. The van der Waals surface area contributed by atoms with Gasteiger partial charge in [0.25, 0.3) is 0 Å². The van der Waals surface area contributed by atoms with E-state index in [1.165, 1.54) is 11.3 Å². The van der Waals surface area contributed by atoms with Crippen LogP contribution in [0.25, 0.3) is 0 Å². The summed E-state index contributed by atoms with van der Waals surface area (Å²) in [5.41, 5.74) is 2.17. The van der Waals surface area contributed by atoms with E-state index in [0.29, 0.717) is 23.9 Å². The fourth-order valence-electron chi connectivity index (χ4n) is 1.83. The number of amides is 1. The highest BCUT2D eigenvalue weighted by atomic mass is 35.5. The van der Waals surface area contributed by atoms with E-state index in [9.17, 15) is 4.79 Å². The average Bonchev–Trinajstić information content (AvgIpc) is 2.89. The van der Waals surface area contributed by atoms with Gasteiger partial charge in [0.2, 0.25) is 5.91 Å². The van der Waals surface area contributed by atoms with Gasteiger partial charge in [0.15, 0.2) is 4.47 Å². The summed E-state index contributed by atoms with van der Waals surface area (Å²) in [6, 6.07) is 8.01. The first-order valence-electron chi connectivity index (χ1n) is 6.31. The van der Waals surface area contributed by atoms with Gasteiger partial charge in [0.05, 0.1) is 6.54 Å². The Kier molecular flexibility index (Phi) is 5.38. The van der Waals surface area contributed by atoms with Crippen molar-refractivity contribution in [1.29, 1.82) is 0 Å². The number of carbonyl (C=O) groups excluding carboxylic acids is 1. The predicted molar refractivity (Wildman–Crippen MR) is 83.3 cm³/mol. The molecule has 0 bridgehead atoms. The van der Waals surface area contributed by atoms with Crippen molar-refractivity contribution < 1.29 is 4.79 Å². The molecule has 0 aliphatic carbocycles. The van der Waals surface area contributed by atoms with Crippen molar-refractivity contribution in [2.75, 3.05) is 12.4 Å². The topological polar surface area (TPSA) is 54.0 Å². The number of aryl methyl sites for hydroxylation is 1. The molecule has 0 saturated heterocycles. The number of hydrogen-bond donors (Lipinski definition) is 2. The number of hydrogen-bond acceptors (Lipinski definition) is 4. The second kappa shape index (κ2) is 7.26. The first-order valence-corrected chi connectivity index (χ1v) is 7.51. The number of rotatable bonds is 6. The molecule has 2 rings (SSSR count). The molecule has 4 nitrogen and oxygen atoms in total. The van der Waals surface area contributed by atoms with Gasteiger partial charge in [0, 0.05) is 30.2 Å². The molecule has 0 unspecified atom stereocenters. The number of halogens is 1. The third-order valence-electron chi connectivity index (χ3n) is 2.90. The van der Waals surface area contributed by atoms with Gasteiger partial charge in [-0.25, -0.2) is 4.98 Å². The number of thiazole rings is 1. The summed E-state index contributed by atoms with van der Waals surface area (Å²) in [6.45, 7) is 0.682. The zero-order valence-electron chi connectivity index (χ0n) is 11.1. The maximum atomic E-state index is 11.3. The van der Waals surface area contributed by atoms with E-state index in [-0.39, 0.29) is 5.91 Å². The van der Waals surface area contributed by atoms with Crippen molar-refractivity contribution in [3.05, 3.63) is 45.4 Å². The number of benzene rings is 1. The van der Waals surface area contributed by atoms with Gasteiger partial charge in [-0.2, -0.15) is 0 Å². The van der Waals surface area contributed by atoms with Crippen LogP contribution in [0.5, 0.6) is 0 Å². The van der Waals surface area contributed by atoms with Crippen LogP contribution in [0.4, 0.5) is 5.69 Å². The minimum absolute atomic E-state index is 0.0500. The molecule has 2 N–H and O–H groups in total. The van der Waals surface area contributed by atoms with Crippen molar-refractivity contribution in [2.24, 2.45) is 0 Å². The molecule has 6 heteroatoms. The van der Waals surface area contributed by atoms with Gasteiger partial charge in [-0.1, -0.05) is 29.8 Å². The lowest BCUT2D eigenvalue weighted by atomic mass is 10.1. The van der Waals surface area contributed by atoms with Crippen LogP contribution in [0.1, 0.15) is 16.9 Å².